The van der Waals surface area contributed by atoms with Crippen molar-refractivity contribution in [1.82, 2.24) is 10.2 Å². The third-order valence-corrected chi connectivity index (χ3v) is 4.55. The fourth-order valence-corrected chi connectivity index (χ4v) is 3.08. The maximum Gasteiger partial charge on any atom is 0.277 e. The summed E-state index contributed by atoms with van der Waals surface area (Å²) in [4.78, 5) is 12.4. The zero-order valence-corrected chi connectivity index (χ0v) is 14.8. The van der Waals surface area contributed by atoms with Crippen molar-refractivity contribution in [2.24, 2.45) is 0 Å². The largest absolute Gasteiger partial charge is 0.411 e. The molecule has 0 aliphatic rings. The van der Waals surface area contributed by atoms with Crippen LogP contribution in [-0.4, -0.2) is 21.7 Å². The van der Waals surface area contributed by atoms with Gasteiger partial charge >= 0.3 is 0 Å². The van der Waals surface area contributed by atoms with Crippen LogP contribution in [0.4, 0.5) is 0 Å². The summed E-state index contributed by atoms with van der Waals surface area (Å²) < 4.78 is 5.59. The molecule has 4 nitrogen and oxygen atoms in total. The number of rotatable bonds is 5. The maximum absolute atomic E-state index is 12.4. The van der Waals surface area contributed by atoms with E-state index in [9.17, 15) is 4.79 Å². The minimum atomic E-state index is 0.0451. The number of hydrogen-bond acceptors (Lipinski definition) is 5. The zero-order valence-electron chi connectivity index (χ0n) is 13.2. The van der Waals surface area contributed by atoms with E-state index in [4.69, 9.17) is 16.0 Å². The maximum atomic E-state index is 12.4. The van der Waals surface area contributed by atoms with Gasteiger partial charge in [-0.2, -0.15) is 0 Å². The Bertz CT molecular complexity index is 892. The summed E-state index contributed by atoms with van der Waals surface area (Å²) in [6, 6.07) is 13.0. The Morgan fingerprint density at radius 1 is 1.17 bits per heavy atom. The number of benzene rings is 2. The topological polar surface area (TPSA) is 56.0 Å². The molecule has 0 bridgehead atoms. The molecule has 0 atom stereocenters. The summed E-state index contributed by atoms with van der Waals surface area (Å²) in [5, 5.41) is 8.95. The first-order valence-electron chi connectivity index (χ1n) is 7.35. The number of aryl methyl sites for hydroxylation is 2. The monoisotopic (exact) mass is 358 g/mol. The molecule has 0 spiro atoms. The van der Waals surface area contributed by atoms with E-state index in [2.05, 4.69) is 10.2 Å². The normalized spacial score (nSPS) is 10.8. The molecule has 3 aromatic rings. The van der Waals surface area contributed by atoms with E-state index in [0.29, 0.717) is 16.1 Å². The lowest BCUT2D eigenvalue weighted by molar-refractivity contribution is 0.102. The summed E-state index contributed by atoms with van der Waals surface area (Å²) in [6.45, 7) is 3.90. The number of hydrogen-bond donors (Lipinski definition) is 0. The van der Waals surface area contributed by atoms with Crippen LogP contribution in [0.25, 0.3) is 11.5 Å². The molecular weight excluding hydrogens is 344 g/mol. The van der Waals surface area contributed by atoms with Crippen molar-refractivity contribution in [3.63, 3.8) is 0 Å². The summed E-state index contributed by atoms with van der Waals surface area (Å²) >= 11 is 7.19. The van der Waals surface area contributed by atoms with Crippen molar-refractivity contribution in [3.05, 3.63) is 64.2 Å². The molecule has 0 aliphatic carbocycles. The molecule has 0 saturated heterocycles. The Kier molecular flexibility index (Phi) is 5.02. The third kappa shape index (κ3) is 3.86. The number of aromatic nitrogens is 2. The average molecular weight is 359 g/mol. The van der Waals surface area contributed by atoms with Gasteiger partial charge in [0.2, 0.25) is 5.89 Å². The van der Waals surface area contributed by atoms with Gasteiger partial charge < -0.3 is 4.42 Å². The van der Waals surface area contributed by atoms with Crippen LogP contribution in [-0.2, 0) is 0 Å². The number of halogens is 1. The number of carbonyl (C=O) groups is 1. The van der Waals surface area contributed by atoms with Gasteiger partial charge in [-0.25, -0.2) is 0 Å². The molecule has 1 aromatic heterocycles. The minimum Gasteiger partial charge on any atom is -0.411 e. The predicted molar refractivity (Wildman–Crippen MR) is 95.7 cm³/mol. The van der Waals surface area contributed by atoms with Crippen LogP contribution >= 0.6 is 23.4 Å². The molecular formula is C18H15ClN2O2S. The molecule has 0 aliphatic heterocycles. The van der Waals surface area contributed by atoms with Gasteiger partial charge in [0.25, 0.3) is 5.22 Å². The summed E-state index contributed by atoms with van der Waals surface area (Å²) in [5.74, 6) is 0.685. The van der Waals surface area contributed by atoms with E-state index in [1.165, 1.54) is 11.8 Å². The van der Waals surface area contributed by atoms with E-state index < -0.39 is 0 Å². The van der Waals surface area contributed by atoms with Crippen molar-refractivity contribution in [3.8, 4) is 11.5 Å². The molecule has 0 radical (unpaired) electrons. The standard InChI is InChI=1S/C18H15ClN2O2S/c1-11-6-7-12(2)15(8-11)16(22)10-24-18-21-20-17(23-18)13-4-3-5-14(19)9-13/h3-9H,10H2,1-2H3. The fourth-order valence-electron chi connectivity index (χ4n) is 2.25. The third-order valence-electron chi connectivity index (χ3n) is 3.50. The van der Waals surface area contributed by atoms with Crippen LogP contribution in [0.1, 0.15) is 21.5 Å². The lowest BCUT2D eigenvalue weighted by atomic mass is 10.0. The first-order chi connectivity index (χ1) is 11.5. The van der Waals surface area contributed by atoms with Gasteiger partial charge in [0, 0.05) is 16.1 Å². The van der Waals surface area contributed by atoms with E-state index >= 15 is 0 Å². The molecule has 6 heteroatoms. The number of ketones is 1. The number of carbonyl (C=O) groups excluding carboxylic acids is 1. The molecule has 0 saturated carbocycles. The van der Waals surface area contributed by atoms with Crippen LogP contribution in [0.15, 0.2) is 52.1 Å². The van der Waals surface area contributed by atoms with Crippen LogP contribution in [0, 0.1) is 13.8 Å². The highest BCUT2D eigenvalue weighted by Crippen LogP contribution is 2.26. The first-order valence-corrected chi connectivity index (χ1v) is 8.72. The molecule has 0 amide bonds. The summed E-state index contributed by atoms with van der Waals surface area (Å²) in [6.07, 6.45) is 0. The van der Waals surface area contributed by atoms with Crippen LogP contribution in [0.2, 0.25) is 5.02 Å². The Hall–Kier alpha value is -2.11. The molecule has 3 rings (SSSR count). The first kappa shape index (κ1) is 16.7. The Labute approximate surface area is 149 Å². The molecule has 24 heavy (non-hydrogen) atoms. The highest BCUT2D eigenvalue weighted by Gasteiger charge is 2.14. The van der Waals surface area contributed by atoms with E-state index in [1.54, 1.807) is 12.1 Å². The van der Waals surface area contributed by atoms with E-state index in [0.717, 1.165) is 22.3 Å². The highest BCUT2D eigenvalue weighted by molar-refractivity contribution is 7.99. The van der Waals surface area contributed by atoms with Crippen molar-refractivity contribution in [1.29, 1.82) is 0 Å². The molecule has 0 fully saturated rings. The van der Waals surface area contributed by atoms with E-state index in [-0.39, 0.29) is 11.5 Å². The smallest absolute Gasteiger partial charge is 0.277 e. The predicted octanol–water partition coefficient (Wildman–Crippen LogP) is 4.98. The Balaban J connectivity index is 1.69. The second kappa shape index (κ2) is 7.20. The molecule has 122 valence electrons. The van der Waals surface area contributed by atoms with Gasteiger partial charge in [-0.3, -0.25) is 4.79 Å². The Morgan fingerprint density at radius 3 is 2.79 bits per heavy atom. The molecule has 0 N–H and O–H groups in total. The van der Waals surface area contributed by atoms with Crippen molar-refractivity contribution in [2.75, 3.05) is 5.75 Å². The minimum absolute atomic E-state index is 0.0451. The highest BCUT2D eigenvalue weighted by atomic mass is 35.5. The number of thioether (sulfide) groups is 1. The van der Waals surface area contributed by atoms with Gasteiger partial charge in [0.15, 0.2) is 5.78 Å². The van der Waals surface area contributed by atoms with Gasteiger partial charge in [-0.05, 0) is 43.7 Å². The van der Waals surface area contributed by atoms with Gasteiger partial charge in [-0.1, -0.05) is 47.1 Å². The zero-order chi connectivity index (χ0) is 17.1. The molecule has 0 unspecified atom stereocenters. The van der Waals surface area contributed by atoms with Crippen LogP contribution in [0.3, 0.4) is 0 Å². The number of Topliss-reactive ketones (excluding diaryl/α,β-unsaturated/α-hetero) is 1. The van der Waals surface area contributed by atoms with Crippen molar-refractivity contribution >= 4 is 29.1 Å². The van der Waals surface area contributed by atoms with Gasteiger partial charge in [0.05, 0.1) is 5.75 Å². The number of nitrogens with zero attached hydrogens (tertiary/aromatic N) is 2. The van der Waals surface area contributed by atoms with Gasteiger partial charge in [0.1, 0.15) is 0 Å². The Morgan fingerprint density at radius 2 is 2.00 bits per heavy atom. The molecule has 2 aromatic carbocycles. The second-order valence-corrected chi connectivity index (χ2v) is 6.78. The second-order valence-electron chi connectivity index (χ2n) is 5.41. The lowest BCUT2D eigenvalue weighted by Crippen LogP contribution is -2.05. The SMILES string of the molecule is Cc1ccc(C)c(C(=O)CSc2nnc(-c3cccc(Cl)c3)o2)c1. The quantitative estimate of drug-likeness (QED) is 0.475. The fraction of sp³-hybridized carbons (Fsp3) is 0.167. The molecule has 1 heterocycles. The van der Waals surface area contributed by atoms with E-state index in [1.807, 2.05) is 44.2 Å². The van der Waals surface area contributed by atoms with Crippen molar-refractivity contribution in [2.45, 2.75) is 19.1 Å². The average Bonchev–Trinajstić information content (AvgIpc) is 3.04. The van der Waals surface area contributed by atoms with Crippen LogP contribution in [0.5, 0.6) is 0 Å². The lowest BCUT2D eigenvalue weighted by Gasteiger charge is -2.04. The van der Waals surface area contributed by atoms with Crippen molar-refractivity contribution < 1.29 is 9.21 Å². The summed E-state index contributed by atoms with van der Waals surface area (Å²) in [7, 11) is 0. The van der Waals surface area contributed by atoms with Gasteiger partial charge in [-0.15, -0.1) is 10.2 Å². The summed E-state index contributed by atoms with van der Waals surface area (Å²) in [5.41, 5.74) is 3.52. The van der Waals surface area contributed by atoms with Crippen LogP contribution < -0.4 is 0 Å².